The SMILES string of the molecule is CCCSc1cc(OCCCSCc2c(Cl)cccc2Cl)ccc1C. The fraction of sp³-hybridized carbons (Fsp3) is 0.400. The molecule has 0 saturated heterocycles. The molecule has 2 rings (SSSR count). The van der Waals surface area contributed by atoms with Crippen molar-refractivity contribution < 1.29 is 4.74 Å². The third-order valence-corrected chi connectivity index (χ3v) is 6.77. The summed E-state index contributed by atoms with van der Waals surface area (Å²) in [4.78, 5) is 1.32. The van der Waals surface area contributed by atoms with Crippen molar-refractivity contribution in [2.75, 3.05) is 18.1 Å². The zero-order valence-corrected chi connectivity index (χ0v) is 17.8. The van der Waals surface area contributed by atoms with Gasteiger partial charge >= 0.3 is 0 Å². The zero-order valence-electron chi connectivity index (χ0n) is 14.7. The van der Waals surface area contributed by atoms with Crippen LogP contribution in [0.3, 0.4) is 0 Å². The van der Waals surface area contributed by atoms with E-state index in [2.05, 4.69) is 32.0 Å². The maximum absolute atomic E-state index is 6.19. The standard InChI is InChI=1S/C20H24Cl2OS2/c1-3-11-25-20-13-16(9-8-15(20)2)23-10-5-12-24-14-17-18(21)6-4-7-19(17)22/h4,6-9,13H,3,5,10-12,14H2,1-2H3. The van der Waals surface area contributed by atoms with E-state index in [-0.39, 0.29) is 0 Å². The molecule has 0 aromatic heterocycles. The van der Waals surface area contributed by atoms with Crippen molar-refractivity contribution >= 4 is 46.7 Å². The molecule has 0 heterocycles. The molecule has 136 valence electrons. The topological polar surface area (TPSA) is 9.23 Å². The van der Waals surface area contributed by atoms with E-state index in [0.717, 1.165) is 51.6 Å². The summed E-state index contributed by atoms with van der Waals surface area (Å²) in [6.07, 6.45) is 2.18. The van der Waals surface area contributed by atoms with Crippen LogP contribution < -0.4 is 4.74 Å². The van der Waals surface area contributed by atoms with Crippen LogP contribution in [0.5, 0.6) is 5.75 Å². The molecule has 0 amide bonds. The Labute approximate surface area is 169 Å². The third kappa shape index (κ3) is 6.97. The second kappa shape index (κ2) is 11.3. The minimum Gasteiger partial charge on any atom is -0.494 e. The summed E-state index contributed by atoms with van der Waals surface area (Å²) in [5.41, 5.74) is 2.34. The maximum Gasteiger partial charge on any atom is 0.120 e. The summed E-state index contributed by atoms with van der Waals surface area (Å²) in [5.74, 6) is 3.96. The van der Waals surface area contributed by atoms with E-state index in [4.69, 9.17) is 27.9 Å². The van der Waals surface area contributed by atoms with Gasteiger partial charge in [0.2, 0.25) is 0 Å². The van der Waals surface area contributed by atoms with E-state index >= 15 is 0 Å². The average molecular weight is 415 g/mol. The molecular weight excluding hydrogens is 391 g/mol. The second-order valence-corrected chi connectivity index (χ2v) is 8.79. The number of benzene rings is 2. The van der Waals surface area contributed by atoms with E-state index in [1.54, 1.807) is 0 Å². The molecule has 0 radical (unpaired) electrons. The molecule has 0 unspecified atom stereocenters. The van der Waals surface area contributed by atoms with Crippen molar-refractivity contribution in [1.29, 1.82) is 0 Å². The molecule has 0 spiro atoms. The van der Waals surface area contributed by atoms with Crippen LogP contribution in [0.1, 0.15) is 30.9 Å². The molecule has 0 saturated carbocycles. The number of thioether (sulfide) groups is 2. The first kappa shape index (κ1) is 20.8. The smallest absolute Gasteiger partial charge is 0.120 e. The highest BCUT2D eigenvalue weighted by atomic mass is 35.5. The Balaban J connectivity index is 1.71. The van der Waals surface area contributed by atoms with Crippen LogP contribution in [-0.2, 0) is 5.75 Å². The number of hydrogen-bond donors (Lipinski definition) is 0. The summed E-state index contributed by atoms with van der Waals surface area (Å²) >= 11 is 16.1. The van der Waals surface area contributed by atoms with Crippen LogP contribution in [0.25, 0.3) is 0 Å². The van der Waals surface area contributed by atoms with E-state index in [1.165, 1.54) is 16.9 Å². The van der Waals surface area contributed by atoms with Gasteiger partial charge in [-0.3, -0.25) is 0 Å². The highest BCUT2D eigenvalue weighted by Crippen LogP contribution is 2.29. The van der Waals surface area contributed by atoms with Gasteiger partial charge in [0.05, 0.1) is 6.61 Å². The Bertz CT molecular complexity index is 656. The molecule has 2 aromatic carbocycles. The monoisotopic (exact) mass is 414 g/mol. The average Bonchev–Trinajstić information content (AvgIpc) is 2.60. The predicted octanol–water partition coefficient (Wildman–Crippen LogP) is 7.51. The first-order chi connectivity index (χ1) is 12.1. The molecule has 0 aliphatic rings. The summed E-state index contributed by atoms with van der Waals surface area (Å²) < 4.78 is 5.90. The van der Waals surface area contributed by atoms with Gasteiger partial charge in [-0.1, -0.05) is 42.3 Å². The minimum atomic E-state index is 0.726. The molecule has 0 fully saturated rings. The van der Waals surface area contributed by atoms with Gasteiger partial charge in [0.1, 0.15) is 5.75 Å². The van der Waals surface area contributed by atoms with Crippen molar-refractivity contribution in [2.24, 2.45) is 0 Å². The molecule has 0 aliphatic heterocycles. The highest BCUT2D eigenvalue weighted by Gasteiger charge is 2.05. The van der Waals surface area contributed by atoms with Gasteiger partial charge in [-0.2, -0.15) is 11.8 Å². The number of aryl methyl sites for hydroxylation is 1. The van der Waals surface area contributed by atoms with Crippen molar-refractivity contribution in [3.05, 3.63) is 57.6 Å². The van der Waals surface area contributed by atoms with E-state index < -0.39 is 0 Å². The van der Waals surface area contributed by atoms with Gasteiger partial charge in [0, 0.05) is 20.7 Å². The first-order valence-electron chi connectivity index (χ1n) is 8.48. The molecule has 0 atom stereocenters. The minimum absolute atomic E-state index is 0.726. The summed E-state index contributed by atoms with van der Waals surface area (Å²) in [6.45, 7) is 5.08. The van der Waals surface area contributed by atoms with Crippen LogP contribution in [0.4, 0.5) is 0 Å². The lowest BCUT2D eigenvalue weighted by atomic mass is 10.2. The quantitative estimate of drug-likeness (QED) is 0.294. The number of rotatable bonds is 10. The third-order valence-electron chi connectivity index (χ3n) is 3.63. The van der Waals surface area contributed by atoms with Gasteiger partial charge in [0.25, 0.3) is 0 Å². The molecule has 2 aromatic rings. The summed E-state index contributed by atoms with van der Waals surface area (Å²) in [6, 6.07) is 12.0. The Morgan fingerprint density at radius 3 is 2.52 bits per heavy atom. The lowest BCUT2D eigenvalue weighted by Gasteiger charge is -2.10. The van der Waals surface area contributed by atoms with Gasteiger partial charge in [-0.25, -0.2) is 0 Å². The number of halogens is 2. The largest absolute Gasteiger partial charge is 0.494 e. The molecule has 1 nitrogen and oxygen atoms in total. The first-order valence-corrected chi connectivity index (χ1v) is 11.4. The lowest BCUT2D eigenvalue weighted by molar-refractivity contribution is 0.318. The molecule has 0 N–H and O–H groups in total. The number of ether oxygens (including phenoxy) is 1. The molecule has 0 bridgehead atoms. The maximum atomic E-state index is 6.19. The fourth-order valence-electron chi connectivity index (χ4n) is 2.23. The lowest BCUT2D eigenvalue weighted by Crippen LogP contribution is -1.99. The fourth-order valence-corrected chi connectivity index (χ4v) is 4.82. The zero-order chi connectivity index (χ0) is 18.1. The Morgan fingerprint density at radius 2 is 1.80 bits per heavy atom. The Kier molecular flexibility index (Phi) is 9.40. The molecule has 5 heteroatoms. The van der Waals surface area contributed by atoms with Crippen LogP contribution in [0.15, 0.2) is 41.3 Å². The summed E-state index contributed by atoms with van der Waals surface area (Å²) in [7, 11) is 0. The van der Waals surface area contributed by atoms with E-state index in [9.17, 15) is 0 Å². The Morgan fingerprint density at radius 1 is 1.04 bits per heavy atom. The van der Waals surface area contributed by atoms with Gasteiger partial charge in [-0.15, -0.1) is 11.8 Å². The second-order valence-electron chi connectivity index (χ2n) is 5.73. The van der Waals surface area contributed by atoms with Crippen LogP contribution in [0, 0.1) is 6.92 Å². The van der Waals surface area contributed by atoms with Crippen molar-refractivity contribution in [3.8, 4) is 5.75 Å². The molecular formula is C20H24Cl2OS2. The van der Waals surface area contributed by atoms with E-state index in [0.29, 0.717) is 0 Å². The van der Waals surface area contributed by atoms with Crippen molar-refractivity contribution in [2.45, 2.75) is 37.3 Å². The predicted molar refractivity (Wildman–Crippen MR) is 115 cm³/mol. The number of hydrogen-bond acceptors (Lipinski definition) is 3. The highest BCUT2D eigenvalue weighted by molar-refractivity contribution is 7.99. The van der Waals surface area contributed by atoms with Gasteiger partial charge in [-0.05, 0) is 66.7 Å². The molecule has 25 heavy (non-hydrogen) atoms. The van der Waals surface area contributed by atoms with E-state index in [1.807, 2.05) is 41.7 Å². The van der Waals surface area contributed by atoms with Crippen LogP contribution in [-0.4, -0.2) is 18.1 Å². The van der Waals surface area contributed by atoms with Crippen LogP contribution >= 0.6 is 46.7 Å². The van der Waals surface area contributed by atoms with Crippen molar-refractivity contribution in [1.82, 2.24) is 0 Å². The van der Waals surface area contributed by atoms with Gasteiger partial charge < -0.3 is 4.74 Å². The summed E-state index contributed by atoms with van der Waals surface area (Å²) in [5, 5.41) is 1.49. The normalized spacial score (nSPS) is 10.9. The Hall–Kier alpha value is -0.480. The van der Waals surface area contributed by atoms with Crippen LogP contribution in [0.2, 0.25) is 10.0 Å². The molecule has 0 aliphatic carbocycles. The van der Waals surface area contributed by atoms with Crippen molar-refractivity contribution in [3.63, 3.8) is 0 Å². The van der Waals surface area contributed by atoms with Gasteiger partial charge in [0.15, 0.2) is 0 Å².